The zero-order valence-electron chi connectivity index (χ0n) is 19.5. The molecule has 0 fully saturated rings. The first kappa shape index (κ1) is 23.7. The van der Waals surface area contributed by atoms with Crippen LogP contribution >= 0.6 is 0 Å². The van der Waals surface area contributed by atoms with Gasteiger partial charge in [-0.25, -0.2) is 0 Å². The van der Waals surface area contributed by atoms with E-state index in [-0.39, 0.29) is 18.4 Å². The molecule has 0 bridgehead atoms. The maximum Gasteiger partial charge on any atom is 0.267 e. The molecule has 0 saturated carbocycles. The topological polar surface area (TPSA) is 95.1 Å². The Morgan fingerprint density at radius 1 is 0.914 bits per heavy atom. The van der Waals surface area contributed by atoms with E-state index in [1.165, 1.54) is 0 Å². The van der Waals surface area contributed by atoms with E-state index in [9.17, 15) is 9.59 Å². The molecule has 2 amide bonds. The van der Waals surface area contributed by atoms with Crippen molar-refractivity contribution in [2.24, 2.45) is 0 Å². The normalized spacial score (nSPS) is 12.1. The second-order valence-corrected chi connectivity index (χ2v) is 7.69. The van der Waals surface area contributed by atoms with Gasteiger partial charge in [0.2, 0.25) is 6.79 Å². The minimum Gasteiger partial charge on any atom is -0.493 e. The molecular formula is C27H26N2O6. The van der Waals surface area contributed by atoms with Crippen LogP contribution in [0.5, 0.6) is 23.0 Å². The highest BCUT2D eigenvalue weighted by molar-refractivity contribution is 6.05. The van der Waals surface area contributed by atoms with Crippen LogP contribution in [0.15, 0.2) is 72.4 Å². The summed E-state index contributed by atoms with van der Waals surface area (Å²) in [4.78, 5) is 25.8. The standard InChI is InChI=1S/C27H26N2O6/c1-32-22-10-8-18(15-24(22)33-2)12-13-28-27(31)21(29-26(30)20-6-4-3-5-7-20)14-19-9-11-23-25(16-19)35-17-34-23/h3-11,14-16H,12-13,17H2,1-2H3,(H,28,31)(H,29,30)/b21-14+. The molecule has 0 radical (unpaired) electrons. The van der Waals surface area contributed by atoms with Crippen molar-refractivity contribution in [2.45, 2.75) is 6.42 Å². The van der Waals surface area contributed by atoms with E-state index in [4.69, 9.17) is 18.9 Å². The van der Waals surface area contributed by atoms with Crippen molar-refractivity contribution in [2.75, 3.05) is 27.6 Å². The summed E-state index contributed by atoms with van der Waals surface area (Å²) in [6, 6.07) is 19.6. The average Bonchev–Trinajstić information content (AvgIpc) is 3.36. The molecule has 0 aliphatic carbocycles. The Bertz CT molecular complexity index is 1240. The van der Waals surface area contributed by atoms with Gasteiger partial charge in [-0.3, -0.25) is 9.59 Å². The lowest BCUT2D eigenvalue weighted by molar-refractivity contribution is -0.117. The molecule has 1 aliphatic rings. The van der Waals surface area contributed by atoms with Gasteiger partial charge in [0, 0.05) is 12.1 Å². The molecule has 0 spiro atoms. The van der Waals surface area contributed by atoms with Crippen LogP contribution in [-0.2, 0) is 11.2 Å². The lowest BCUT2D eigenvalue weighted by atomic mass is 10.1. The number of carbonyl (C=O) groups is 2. The smallest absolute Gasteiger partial charge is 0.267 e. The summed E-state index contributed by atoms with van der Waals surface area (Å²) in [5.41, 5.74) is 2.22. The van der Waals surface area contributed by atoms with Crippen molar-refractivity contribution < 1.29 is 28.5 Å². The number of ether oxygens (including phenoxy) is 4. The monoisotopic (exact) mass is 474 g/mol. The SMILES string of the molecule is COc1ccc(CCNC(=O)/C(=C\c2ccc3c(c2)OCO3)NC(=O)c2ccccc2)cc1OC. The number of fused-ring (bicyclic) bond motifs is 1. The molecule has 0 atom stereocenters. The van der Waals surface area contributed by atoms with E-state index in [1.54, 1.807) is 62.8 Å². The predicted octanol–water partition coefficient (Wildman–Crippen LogP) is 3.56. The van der Waals surface area contributed by atoms with E-state index in [1.807, 2.05) is 24.3 Å². The second kappa shape index (κ2) is 11.1. The average molecular weight is 475 g/mol. The molecule has 2 N–H and O–H groups in total. The van der Waals surface area contributed by atoms with E-state index >= 15 is 0 Å². The molecule has 0 unspecified atom stereocenters. The molecule has 0 aromatic heterocycles. The first-order valence-electron chi connectivity index (χ1n) is 11.0. The minimum atomic E-state index is -0.410. The van der Waals surface area contributed by atoms with Crippen LogP contribution in [0.2, 0.25) is 0 Å². The maximum atomic E-state index is 13.1. The van der Waals surface area contributed by atoms with Gasteiger partial charge < -0.3 is 29.6 Å². The Kier molecular flexibility index (Phi) is 7.52. The molecule has 3 aromatic rings. The van der Waals surface area contributed by atoms with Gasteiger partial charge in [-0.1, -0.05) is 30.3 Å². The fourth-order valence-electron chi connectivity index (χ4n) is 3.56. The minimum absolute atomic E-state index is 0.116. The fraction of sp³-hybridized carbons (Fsp3) is 0.185. The van der Waals surface area contributed by atoms with Crippen molar-refractivity contribution in [1.82, 2.24) is 10.6 Å². The number of amides is 2. The van der Waals surface area contributed by atoms with Crippen molar-refractivity contribution >= 4 is 17.9 Å². The first-order valence-corrected chi connectivity index (χ1v) is 11.0. The van der Waals surface area contributed by atoms with Crippen LogP contribution in [0.4, 0.5) is 0 Å². The highest BCUT2D eigenvalue weighted by Gasteiger charge is 2.17. The van der Waals surface area contributed by atoms with Gasteiger partial charge in [0.1, 0.15) is 5.70 Å². The van der Waals surface area contributed by atoms with Gasteiger partial charge in [-0.2, -0.15) is 0 Å². The van der Waals surface area contributed by atoms with Gasteiger partial charge in [0.05, 0.1) is 14.2 Å². The van der Waals surface area contributed by atoms with E-state index in [2.05, 4.69) is 10.6 Å². The van der Waals surface area contributed by atoms with Crippen molar-refractivity contribution in [3.63, 3.8) is 0 Å². The lowest BCUT2D eigenvalue weighted by Gasteiger charge is -2.12. The van der Waals surface area contributed by atoms with E-state index < -0.39 is 5.91 Å². The van der Waals surface area contributed by atoms with Crippen molar-refractivity contribution in [1.29, 1.82) is 0 Å². The Morgan fingerprint density at radius 3 is 2.46 bits per heavy atom. The van der Waals surface area contributed by atoms with Gasteiger partial charge in [-0.05, 0) is 60.0 Å². The Balaban J connectivity index is 1.49. The van der Waals surface area contributed by atoms with Crippen LogP contribution in [0, 0.1) is 0 Å². The van der Waals surface area contributed by atoms with Crippen LogP contribution in [0.25, 0.3) is 6.08 Å². The summed E-state index contributed by atoms with van der Waals surface area (Å²) in [6.07, 6.45) is 2.17. The highest BCUT2D eigenvalue weighted by atomic mass is 16.7. The largest absolute Gasteiger partial charge is 0.493 e. The van der Waals surface area contributed by atoms with Crippen LogP contribution in [0.3, 0.4) is 0 Å². The molecule has 8 heteroatoms. The summed E-state index contributed by atoms with van der Waals surface area (Å²) in [5, 5.41) is 5.61. The van der Waals surface area contributed by atoms with Gasteiger partial charge >= 0.3 is 0 Å². The summed E-state index contributed by atoms with van der Waals surface area (Å²) in [5.74, 6) is 1.69. The number of rotatable bonds is 9. The van der Waals surface area contributed by atoms with Gasteiger partial charge in [0.25, 0.3) is 11.8 Å². The molecule has 180 valence electrons. The predicted molar refractivity (Wildman–Crippen MR) is 131 cm³/mol. The Morgan fingerprint density at radius 2 is 1.69 bits per heavy atom. The Labute approximate surface area is 203 Å². The summed E-state index contributed by atoms with van der Waals surface area (Å²) in [6.45, 7) is 0.505. The first-order chi connectivity index (χ1) is 17.1. The van der Waals surface area contributed by atoms with Gasteiger partial charge in [0.15, 0.2) is 23.0 Å². The number of hydrogen-bond acceptors (Lipinski definition) is 6. The zero-order chi connectivity index (χ0) is 24.6. The highest BCUT2D eigenvalue weighted by Crippen LogP contribution is 2.33. The third-order valence-electron chi connectivity index (χ3n) is 5.38. The number of nitrogens with one attached hydrogen (secondary N) is 2. The summed E-state index contributed by atoms with van der Waals surface area (Å²) in [7, 11) is 3.15. The zero-order valence-corrected chi connectivity index (χ0v) is 19.5. The summed E-state index contributed by atoms with van der Waals surface area (Å²) >= 11 is 0. The second-order valence-electron chi connectivity index (χ2n) is 7.69. The van der Waals surface area contributed by atoms with Crippen LogP contribution in [-0.4, -0.2) is 39.4 Å². The molecule has 1 heterocycles. The Hall–Kier alpha value is -4.46. The summed E-state index contributed by atoms with van der Waals surface area (Å²) < 4.78 is 21.4. The van der Waals surface area contributed by atoms with Crippen molar-refractivity contribution in [3.05, 3.63) is 89.1 Å². The van der Waals surface area contributed by atoms with E-state index in [0.29, 0.717) is 47.1 Å². The number of carbonyl (C=O) groups excluding carboxylic acids is 2. The molecule has 35 heavy (non-hydrogen) atoms. The molecule has 4 rings (SSSR count). The lowest BCUT2D eigenvalue weighted by Crippen LogP contribution is -2.35. The van der Waals surface area contributed by atoms with E-state index in [0.717, 1.165) is 5.56 Å². The molecule has 0 saturated heterocycles. The number of methoxy groups -OCH3 is 2. The number of hydrogen-bond donors (Lipinski definition) is 2. The molecule has 8 nitrogen and oxygen atoms in total. The van der Waals surface area contributed by atoms with Gasteiger partial charge in [-0.15, -0.1) is 0 Å². The van der Waals surface area contributed by atoms with Crippen LogP contribution < -0.4 is 29.6 Å². The third kappa shape index (κ3) is 5.92. The number of benzene rings is 3. The fourth-order valence-corrected chi connectivity index (χ4v) is 3.56. The van der Waals surface area contributed by atoms with Crippen LogP contribution in [0.1, 0.15) is 21.5 Å². The third-order valence-corrected chi connectivity index (χ3v) is 5.38. The quantitative estimate of drug-likeness (QED) is 0.461. The molecule has 3 aromatic carbocycles. The van der Waals surface area contributed by atoms with Crippen molar-refractivity contribution in [3.8, 4) is 23.0 Å². The molecule has 1 aliphatic heterocycles. The maximum absolute atomic E-state index is 13.1. The molecular weight excluding hydrogens is 448 g/mol.